The van der Waals surface area contributed by atoms with Gasteiger partial charge in [0, 0.05) is 43.0 Å². The maximum Gasteiger partial charge on any atom is 0.318 e. The van der Waals surface area contributed by atoms with Crippen molar-refractivity contribution in [1.82, 2.24) is 14.8 Å². The smallest absolute Gasteiger partial charge is 0.318 e. The van der Waals surface area contributed by atoms with Crippen LogP contribution in [-0.4, -0.2) is 59.2 Å². The van der Waals surface area contributed by atoms with Gasteiger partial charge in [-0.2, -0.15) is 11.8 Å². The van der Waals surface area contributed by atoms with Gasteiger partial charge in [-0.15, -0.1) is 0 Å². The Bertz CT molecular complexity index is 1070. The molecular formula is C25H32N4O4S. The van der Waals surface area contributed by atoms with E-state index in [1.807, 2.05) is 35.9 Å². The summed E-state index contributed by atoms with van der Waals surface area (Å²) >= 11 is 1.64. The molecule has 2 unspecified atom stereocenters. The van der Waals surface area contributed by atoms with Crippen molar-refractivity contribution >= 4 is 29.4 Å². The topological polar surface area (TPSA) is 92.7 Å². The van der Waals surface area contributed by atoms with Crippen LogP contribution in [0.3, 0.4) is 0 Å². The number of amides is 3. The van der Waals surface area contributed by atoms with E-state index in [4.69, 9.17) is 4.74 Å². The van der Waals surface area contributed by atoms with Crippen LogP contribution in [0.1, 0.15) is 31.4 Å². The van der Waals surface area contributed by atoms with Crippen LogP contribution in [0.4, 0.5) is 10.5 Å². The monoisotopic (exact) mass is 484 g/mol. The fraction of sp³-hybridized carbons (Fsp3) is 0.480. The van der Waals surface area contributed by atoms with Crippen LogP contribution in [0, 0.1) is 5.92 Å². The number of fused-ring (bicyclic) bond motifs is 4. The SMILES string of the molecule is CCOc1ccc(NC(=O)[C@H](CCSC)NC(=O)N2CC3CC(C2)c2cccc(=O)n2C3)cc1. The Balaban J connectivity index is 1.41. The number of carbonyl (C=O) groups is 2. The van der Waals surface area contributed by atoms with Gasteiger partial charge in [-0.05, 0) is 68.0 Å². The number of hydrogen-bond acceptors (Lipinski definition) is 5. The lowest BCUT2D eigenvalue weighted by atomic mass is 9.83. The van der Waals surface area contributed by atoms with Gasteiger partial charge >= 0.3 is 6.03 Å². The number of aromatic nitrogens is 1. The molecule has 2 aromatic rings. The quantitative estimate of drug-likeness (QED) is 0.601. The molecule has 0 spiro atoms. The number of likely N-dealkylation sites (tertiary alicyclic amines) is 1. The number of nitrogens with one attached hydrogen (secondary N) is 2. The summed E-state index contributed by atoms with van der Waals surface area (Å²) in [4.78, 5) is 40.3. The van der Waals surface area contributed by atoms with Gasteiger partial charge < -0.3 is 24.8 Å². The minimum absolute atomic E-state index is 0.0215. The molecule has 34 heavy (non-hydrogen) atoms. The van der Waals surface area contributed by atoms with Crippen molar-refractivity contribution in [2.45, 2.75) is 38.3 Å². The third-order valence-electron chi connectivity index (χ3n) is 6.42. The average molecular weight is 485 g/mol. The van der Waals surface area contributed by atoms with Crippen LogP contribution < -0.4 is 20.9 Å². The molecule has 1 fully saturated rings. The van der Waals surface area contributed by atoms with Crippen LogP contribution >= 0.6 is 11.8 Å². The summed E-state index contributed by atoms with van der Waals surface area (Å²) in [6.45, 7) is 4.25. The van der Waals surface area contributed by atoms with Crippen LogP contribution in [0.2, 0.25) is 0 Å². The molecule has 2 bridgehead atoms. The minimum atomic E-state index is -0.636. The Kier molecular flexibility index (Phi) is 7.82. The van der Waals surface area contributed by atoms with E-state index in [0.29, 0.717) is 38.3 Å². The highest BCUT2D eigenvalue weighted by molar-refractivity contribution is 7.98. The molecule has 3 amide bonds. The van der Waals surface area contributed by atoms with E-state index in [2.05, 4.69) is 10.6 Å². The van der Waals surface area contributed by atoms with Gasteiger partial charge in [-0.1, -0.05) is 6.07 Å². The first-order valence-electron chi connectivity index (χ1n) is 11.8. The fourth-order valence-corrected chi connectivity index (χ4v) is 5.31. The molecule has 9 heteroatoms. The molecule has 0 aliphatic carbocycles. The summed E-state index contributed by atoms with van der Waals surface area (Å²) in [5, 5.41) is 5.88. The van der Waals surface area contributed by atoms with E-state index in [-0.39, 0.29) is 29.3 Å². The van der Waals surface area contributed by atoms with Crippen molar-refractivity contribution in [3.8, 4) is 5.75 Å². The van der Waals surface area contributed by atoms with Crippen molar-refractivity contribution in [3.63, 3.8) is 0 Å². The van der Waals surface area contributed by atoms with Crippen molar-refractivity contribution in [2.24, 2.45) is 5.92 Å². The summed E-state index contributed by atoms with van der Waals surface area (Å²) in [7, 11) is 0. The Morgan fingerprint density at radius 2 is 1.94 bits per heavy atom. The van der Waals surface area contributed by atoms with E-state index in [9.17, 15) is 14.4 Å². The number of ether oxygens (including phenoxy) is 1. The summed E-state index contributed by atoms with van der Waals surface area (Å²) in [5.41, 5.74) is 1.67. The molecule has 4 rings (SSSR count). The minimum Gasteiger partial charge on any atom is -0.494 e. The first-order valence-corrected chi connectivity index (χ1v) is 13.2. The zero-order valence-electron chi connectivity index (χ0n) is 19.7. The first kappa shape index (κ1) is 24.2. The van der Waals surface area contributed by atoms with Gasteiger partial charge in [-0.25, -0.2) is 4.79 Å². The molecule has 8 nitrogen and oxygen atoms in total. The zero-order chi connectivity index (χ0) is 24.1. The Labute approximate surface area is 204 Å². The summed E-state index contributed by atoms with van der Waals surface area (Å²) < 4.78 is 7.30. The number of benzene rings is 1. The number of nitrogens with zero attached hydrogens (tertiary/aromatic N) is 2. The van der Waals surface area contributed by atoms with E-state index < -0.39 is 6.04 Å². The van der Waals surface area contributed by atoms with Crippen LogP contribution in [-0.2, 0) is 11.3 Å². The summed E-state index contributed by atoms with van der Waals surface area (Å²) in [5.74, 6) is 1.63. The molecule has 2 N–H and O–H groups in total. The highest BCUT2D eigenvalue weighted by atomic mass is 32.2. The van der Waals surface area contributed by atoms with Crippen molar-refractivity contribution < 1.29 is 14.3 Å². The second kappa shape index (κ2) is 11.0. The van der Waals surface area contributed by atoms with E-state index in [1.165, 1.54) is 0 Å². The summed E-state index contributed by atoms with van der Waals surface area (Å²) in [6, 6.07) is 11.7. The van der Waals surface area contributed by atoms with E-state index in [1.54, 1.807) is 40.9 Å². The Hall–Kier alpha value is -2.94. The Morgan fingerprint density at radius 1 is 1.15 bits per heavy atom. The van der Waals surface area contributed by atoms with Crippen LogP contribution in [0.5, 0.6) is 5.75 Å². The number of rotatable bonds is 8. The number of piperidine rings is 1. The van der Waals surface area contributed by atoms with Gasteiger partial charge in [0.1, 0.15) is 11.8 Å². The predicted octanol–water partition coefficient (Wildman–Crippen LogP) is 3.14. The van der Waals surface area contributed by atoms with Crippen molar-refractivity contribution in [2.75, 3.05) is 37.0 Å². The van der Waals surface area contributed by atoms with Crippen LogP contribution in [0.25, 0.3) is 0 Å². The number of urea groups is 1. The lowest BCUT2D eigenvalue weighted by Gasteiger charge is -2.43. The number of anilines is 1. The normalized spacial score (nSPS) is 19.6. The molecule has 3 atom stereocenters. The molecular weight excluding hydrogens is 452 g/mol. The van der Waals surface area contributed by atoms with Gasteiger partial charge in [0.25, 0.3) is 5.56 Å². The maximum absolute atomic E-state index is 13.2. The largest absolute Gasteiger partial charge is 0.494 e. The third-order valence-corrected chi connectivity index (χ3v) is 7.07. The second-order valence-corrected chi connectivity index (χ2v) is 9.82. The fourth-order valence-electron chi connectivity index (χ4n) is 4.84. The predicted molar refractivity (Wildman–Crippen MR) is 135 cm³/mol. The lowest BCUT2D eigenvalue weighted by molar-refractivity contribution is -0.118. The molecule has 1 saturated heterocycles. The highest BCUT2D eigenvalue weighted by Gasteiger charge is 2.37. The highest BCUT2D eigenvalue weighted by Crippen LogP contribution is 2.34. The van der Waals surface area contributed by atoms with E-state index in [0.717, 1.165) is 23.6 Å². The average Bonchev–Trinajstić information content (AvgIpc) is 2.83. The molecule has 1 aromatic carbocycles. The van der Waals surface area contributed by atoms with Gasteiger partial charge in [0.15, 0.2) is 0 Å². The summed E-state index contributed by atoms with van der Waals surface area (Å²) in [6.07, 6.45) is 3.49. The third kappa shape index (κ3) is 5.58. The van der Waals surface area contributed by atoms with Crippen molar-refractivity contribution in [1.29, 1.82) is 0 Å². The molecule has 2 aliphatic rings. The molecule has 3 heterocycles. The number of pyridine rings is 1. The molecule has 0 radical (unpaired) electrons. The standard InChI is InChI=1S/C25H32N4O4S/c1-3-33-20-9-7-19(8-10-20)26-24(31)21(11-12-34-2)27-25(32)28-14-17-13-18(16-28)22-5-4-6-23(30)29(22)15-17/h4-10,17-18,21H,3,11-16H2,1-2H3,(H,26,31)(H,27,32)/t17?,18?,21-/m0/s1. The van der Waals surface area contributed by atoms with Gasteiger partial charge in [-0.3, -0.25) is 9.59 Å². The molecule has 182 valence electrons. The van der Waals surface area contributed by atoms with Gasteiger partial charge in [0.05, 0.1) is 6.61 Å². The maximum atomic E-state index is 13.2. The molecule has 1 aromatic heterocycles. The number of hydrogen-bond donors (Lipinski definition) is 2. The van der Waals surface area contributed by atoms with Gasteiger partial charge in [0.2, 0.25) is 5.91 Å². The van der Waals surface area contributed by atoms with Crippen molar-refractivity contribution in [3.05, 3.63) is 58.5 Å². The molecule has 0 saturated carbocycles. The molecule has 2 aliphatic heterocycles. The second-order valence-electron chi connectivity index (χ2n) is 8.83. The lowest BCUT2D eigenvalue weighted by Crippen LogP contribution is -2.55. The van der Waals surface area contributed by atoms with Crippen LogP contribution in [0.15, 0.2) is 47.3 Å². The zero-order valence-corrected chi connectivity index (χ0v) is 20.5. The van der Waals surface area contributed by atoms with E-state index >= 15 is 0 Å². The first-order chi connectivity index (χ1) is 16.5. The Morgan fingerprint density at radius 3 is 2.68 bits per heavy atom. The number of carbonyl (C=O) groups excluding carboxylic acids is 2. The number of thioether (sulfide) groups is 1.